The van der Waals surface area contributed by atoms with Crippen molar-refractivity contribution in [1.82, 2.24) is 10.3 Å². The summed E-state index contributed by atoms with van der Waals surface area (Å²) in [7, 11) is 1.49. The van der Waals surface area contributed by atoms with Crippen LogP contribution in [0.15, 0.2) is 85.6 Å². The van der Waals surface area contributed by atoms with Crippen LogP contribution in [0.3, 0.4) is 0 Å². The predicted molar refractivity (Wildman–Crippen MR) is 145 cm³/mol. The molecule has 204 valence electrons. The quantitative estimate of drug-likeness (QED) is 0.181. The van der Waals surface area contributed by atoms with E-state index in [9.17, 15) is 27.6 Å². The number of ketones is 2. The molecule has 1 aromatic heterocycles. The number of pyridine rings is 1. The first kappa shape index (κ1) is 28.2. The lowest BCUT2D eigenvalue weighted by molar-refractivity contribution is -0.138. The van der Waals surface area contributed by atoms with Gasteiger partial charge in [0, 0.05) is 43.1 Å². The number of hydrogen-bond acceptors (Lipinski definition) is 5. The van der Waals surface area contributed by atoms with Crippen molar-refractivity contribution < 1.29 is 32.3 Å². The second kappa shape index (κ2) is 11.9. The number of alkyl halides is 3. The molecule has 0 aliphatic heterocycles. The molecular formula is C31H25F3N2O4. The Morgan fingerprint density at radius 3 is 2.48 bits per heavy atom. The third-order valence-corrected chi connectivity index (χ3v) is 6.31. The van der Waals surface area contributed by atoms with Crippen molar-refractivity contribution in [3.8, 4) is 11.5 Å². The first-order valence-corrected chi connectivity index (χ1v) is 12.4. The summed E-state index contributed by atoms with van der Waals surface area (Å²) < 4.78 is 47.4. The van der Waals surface area contributed by atoms with Gasteiger partial charge >= 0.3 is 6.18 Å². The highest BCUT2D eigenvalue weighted by molar-refractivity contribution is 6.10. The van der Waals surface area contributed by atoms with Crippen LogP contribution in [-0.4, -0.2) is 29.5 Å². The third-order valence-electron chi connectivity index (χ3n) is 6.31. The summed E-state index contributed by atoms with van der Waals surface area (Å²) in [6, 6.07) is 17.1. The van der Waals surface area contributed by atoms with Crippen LogP contribution in [0.4, 0.5) is 13.2 Å². The number of aryl methyl sites for hydroxylation is 1. The van der Waals surface area contributed by atoms with E-state index in [0.717, 1.165) is 12.1 Å². The summed E-state index contributed by atoms with van der Waals surface area (Å²) in [5.74, 6) is -0.284. The van der Waals surface area contributed by atoms with Crippen molar-refractivity contribution in [2.75, 3.05) is 7.05 Å². The third kappa shape index (κ3) is 6.43. The molecule has 1 N–H and O–H groups in total. The van der Waals surface area contributed by atoms with Crippen molar-refractivity contribution in [3.05, 3.63) is 114 Å². The van der Waals surface area contributed by atoms with Gasteiger partial charge in [-0.15, -0.1) is 0 Å². The number of nitrogens with one attached hydrogen (secondary N) is 1. The summed E-state index contributed by atoms with van der Waals surface area (Å²) >= 11 is 0. The van der Waals surface area contributed by atoms with Gasteiger partial charge < -0.3 is 10.1 Å². The van der Waals surface area contributed by atoms with Gasteiger partial charge in [0.1, 0.15) is 17.2 Å². The molecule has 0 aliphatic carbocycles. The minimum absolute atomic E-state index is 0.0125. The lowest BCUT2D eigenvalue weighted by Gasteiger charge is -2.15. The predicted octanol–water partition coefficient (Wildman–Crippen LogP) is 6.52. The first-order chi connectivity index (χ1) is 19.1. The summed E-state index contributed by atoms with van der Waals surface area (Å²) in [5.41, 5.74) is -0.164. The molecule has 40 heavy (non-hydrogen) atoms. The Labute approximate surface area is 228 Å². The summed E-state index contributed by atoms with van der Waals surface area (Å²) in [4.78, 5) is 40.8. The van der Waals surface area contributed by atoms with E-state index in [1.165, 1.54) is 31.4 Å². The number of benzene rings is 3. The molecule has 0 atom stereocenters. The lowest BCUT2D eigenvalue weighted by Crippen LogP contribution is -2.18. The van der Waals surface area contributed by atoms with Crippen molar-refractivity contribution in [1.29, 1.82) is 0 Å². The number of hydrogen-bond donors (Lipinski definition) is 1. The first-order valence-electron chi connectivity index (χ1n) is 12.4. The molecular weight excluding hydrogens is 521 g/mol. The fraction of sp³-hybridized carbons (Fsp3) is 0.161. The summed E-state index contributed by atoms with van der Waals surface area (Å²) in [5, 5.41) is 3.68. The molecule has 9 heteroatoms. The number of rotatable bonds is 10. The zero-order valence-electron chi connectivity index (χ0n) is 21.5. The number of nitrogens with zero attached hydrogens (tertiary/aromatic N) is 1. The van der Waals surface area contributed by atoms with E-state index >= 15 is 0 Å². The number of carbonyl (C=O) groups excluding carboxylic acids is 3. The number of halogens is 3. The number of ether oxygens (including phenoxy) is 1. The van der Waals surface area contributed by atoms with E-state index in [2.05, 4.69) is 16.9 Å². The molecule has 0 aliphatic rings. The van der Waals surface area contributed by atoms with Gasteiger partial charge in [0.05, 0.1) is 5.56 Å². The normalized spacial score (nSPS) is 11.2. The molecule has 0 unspecified atom stereocenters. The minimum Gasteiger partial charge on any atom is -0.457 e. The van der Waals surface area contributed by atoms with Crippen molar-refractivity contribution in [2.45, 2.75) is 25.4 Å². The number of amides is 1. The molecule has 0 saturated carbocycles. The highest BCUT2D eigenvalue weighted by Crippen LogP contribution is 2.35. The maximum Gasteiger partial charge on any atom is 0.416 e. The molecule has 1 amide bonds. The topological polar surface area (TPSA) is 85.4 Å². The number of allylic oxidation sites excluding steroid dienone is 1. The van der Waals surface area contributed by atoms with Gasteiger partial charge in [-0.1, -0.05) is 49.0 Å². The summed E-state index contributed by atoms with van der Waals surface area (Å²) in [6.45, 7) is 3.35. The van der Waals surface area contributed by atoms with Crippen LogP contribution in [0.5, 0.6) is 11.5 Å². The molecule has 4 aromatic rings. The van der Waals surface area contributed by atoms with Gasteiger partial charge in [-0.2, -0.15) is 13.2 Å². The second-order valence-corrected chi connectivity index (χ2v) is 8.97. The van der Waals surface area contributed by atoms with Gasteiger partial charge in [-0.05, 0) is 47.2 Å². The van der Waals surface area contributed by atoms with Crippen LogP contribution >= 0.6 is 0 Å². The molecule has 0 radical (unpaired) electrons. The fourth-order valence-corrected chi connectivity index (χ4v) is 4.32. The number of aromatic nitrogens is 1. The van der Waals surface area contributed by atoms with Crippen molar-refractivity contribution in [3.63, 3.8) is 0 Å². The van der Waals surface area contributed by atoms with Crippen LogP contribution in [0.1, 0.15) is 44.0 Å². The molecule has 0 bridgehead atoms. The number of Topliss-reactive ketones (excluding diaryl/α,β-unsaturated/α-hetero) is 1. The molecule has 1 heterocycles. The standard InChI is InChI=1S/C31H25F3N2O4/c1-3-21(37)13-12-20-11-10-19(16-26(20)31(32,33)34)17-28(38)24-7-4-8-25-23(24)6-5-9-29(25)40-22-14-15-36-27(18-22)30(39)35-2/h3-11,14-16,18H,1,12-13,17H2,2H3,(H,35,39). The van der Waals surface area contributed by atoms with E-state index in [1.807, 2.05) is 0 Å². The van der Waals surface area contributed by atoms with Crippen LogP contribution in [0.25, 0.3) is 10.8 Å². The van der Waals surface area contributed by atoms with Gasteiger partial charge in [-0.3, -0.25) is 19.4 Å². The molecule has 0 saturated heterocycles. The fourth-order valence-electron chi connectivity index (χ4n) is 4.32. The van der Waals surface area contributed by atoms with Gasteiger partial charge in [-0.25, -0.2) is 0 Å². The summed E-state index contributed by atoms with van der Waals surface area (Å²) in [6.07, 6.45) is -2.53. The van der Waals surface area contributed by atoms with Gasteiger partial charge in [0.15, 0.2) is 11.6 Å². The van der Waals surface area contributed by atoms with Crippen LogP contribution in [0, 0.1) is 0 Å². The van der Waals surface area contributed by atoms with Gasteiger partial charge in [0.25, 0.3) is 5.91 Å². The van der Waals surface area contributed by atoms with Gasteiger partial charge in [0.2, 0.25) is 0 Å². The maximum absolute atomic E-state index is 13.8. The Morgan fingerprint density at radius 2 is 1.75 bits per heavy atom. The Morgan fingerprint density at radius 1 is 1.00 bits per heavy atom. The molecule has 4 rings (SSSR count). The van der Waals surface area contributed by atoms with E-state index in [1.54, 1.807) is 42.5 Å². The smallest absolute Gasteiger partial charge is 0.416 e. The molecule has 6 nitrogen and oxygen atoms in total. The Bertz CT molecular complexity index is 1610. The molecule has 3 aromatic carbocycles. The lowest BCUT2D eigenvalue weighted by atomic mass is 9.94. The van der Waals surface area contributed by atoms with E-state index in [0.29, 0.717) is 27.8 Å². The van der Waals surface area contributed by atoms with Crippen molar-refractivity contribution in [2.24, 2.45) is 0 Å². The second-order valence-electron chi connectivity index (χ2n) is 8.97. The Balaban J connectivity index is 1.62. The van der Waals surface area contributed by atoms with Crippen molar-refractivity contribution >= 4 is 28.2 Å². The Hall–Kier alpha value is -4.79. The number of carbonyl (C=O) groups is 3. The maximum atomic E-state index is 13.8. The van der Waals surface area contributed by atoms with E-state index in [4.69, 9.17) is 4.74 Å². The average molecular weight is 547 g/mol. The number of fused-ring (bicyclic) bond motifs is 1. The molecule has 0 spiro atoms. The highest BCUT2D eigenvalue weighted by atomic mass is 19.4. The zero-order chi connectivity index (χ0) is 28.9. The Kier molecular flexibility index (Phi) is 8.43. The highest BCUT2D eigenvalue weighted by Gasteiger charge is 2.33. The molecule has 0 fully saturated rings. The average Bonchev–Trinajstić information content (AvgIpc) is 2.95. The van der Waals surface area contributed by atoms with Crippen LogP contribution in [-0.2, 0) is 23.8 Å². The van der Waals surface area contributed by atoms with E-state index < -0.39 is 11.7 Å². The largest absolute Gasteiger partial charge is 0.457 e. The minimum atomic E-state index is -4.64. The zero-order valence-corrected chi connectivity index (χ0v) is 21.5. The van der Waals surface area contributed by atoms with Crippen LogP contribution < -0.4 is 10.1 Å². The van der Waals surface area contributed by atoms with E-state index in [-0.39, 0.29) is 53.6 Å². The SMILES string of the molecule is C=CC(=O)CCc1ccc(CC(=O)c2cccc3c(Oc4ccnc(C(=O)NC)c4)cccc23)cc1C(F)(F)F. The van der Waals surface area contributed by atoms with Crippen LogP contribution in [0.2, 0.25) is 0 Å². The monoisotopic (exact) mass is 546 g/mol.